The van der Waals surface area contributed by atoms with Gasteiger partial charge >= 0.3 is 0 Å². The molecule has 0 amide bonds. The van der Waals surface area contributed by atoms with E-state index in [9.17, 15) is 0 Å². The Labute approximate surface area is 136 Å². The molecule has 7 heteroatoms. The van der Waals surface area contributed by atoms with Crippen LogP contribution in [0, 0.1) is 0 Å². The van der Waals surface area contributed by atoms with E-state index >= 15 is 0 Å². The molecule has 0 spiro atoms. The standard InChI is InChI=1S/C15H15N5S2/c16-20-13(10-6-7-10)18-19-15(20)22-9-12-8-21-14(17-12)11-4-2-1-3-5-11/h1-5,8,10H,6-7,9,16H2. The Morgan fingerprint density at radius 1 is 1.23 bits per heavy atom. The van der Waals surface area contributed by atoms with Crippen LogP contribution < -0.4 is 5.84 Å². The Morgan fingerprint density at radius 3 is 2.82 bits per heavy atom. The van der Waals surface area contributed by atoms with Gasteiger partial charge in [-0.25, -0.2) is 9.66 Å². The first kappa shape index (κ1) is 13.8. The molecule has 5 nitrogen and oxygen atoms in total. The van der Waals surface area contributed by atoms with E-state index < -0.39 is 0 Å². The Morgan fingerprint density at radius 2 is 2.05 bits per heavy atom. The van der Waals surface area contributed by atoms with E-state index in [0.717, 1.165) is 33.0 Å². The molecule has 1 aliphatic carbocycles. The van der Waals surface area contributed by atoms with Crippen LogP contribution in [-0.2, 0) is 5.75 Å². The molecule has 2 aromatic heterocycles. The molecule has 0 bridgehead atoms. The van der Waals surface area contributed by atoms with Gasteiger partial charge in [-0.05, 0) is 12.8 Å². The highest BCUT2D eigenvalue weighted by Crippen LogP contribution is 2.39. The van der Waals surface area contributed by atoms with Gasteiger partial charge in [-0.3, -0.25) is 0 Å². The molecular weight excluding hydrogens is 314 g/mol. The van der Waals surface area contributed by atoms with Gasteiger partial charge in [0.2, 0.25) is 5.16 Å². The van der Waals surface area contributed by atoms with E-state index in [0.29, 0.717) is 5.92 Å². The number of nitrogens with two attached hydrogens (primary N) is 1. The number of benzene rings is 1. The predicted octanol–water partition coefficient (Wildman–Crippen LogP) is 3.29. The van der Waals surface area contributed by atoms with Gasteiger partial charge in [0, 0.05) is 22.6 Å². The third-order valence-electron chi connectivity index (χ3n) is 3.56. The Balaban J connectivity index is 1.45. The van der Waals surface area contributed by atoms with Gasteiger partial charge in [-0.15, -0.1) is 21.5 Å². The molecule has 4 rings (SSSR count). The van der Waals surface area contributed by atoms with Crippen LogP contribution in [0.15, 0.2) is 40.9 Å². The summed E-state index contributed by atoms with van der Waals surface area (Å²) in [5.41, 5.74) is 2.20. The third kappa shape index (κ3) is 2.74. The van der Waals surface area contributed by atoms with E-state index in [2.05, 4.69) is 32.7 Å². The topological polar surface area (TPSA) is 69.6 Å². The van der Waals surface area contributed by atoms with Crippen molar-refractivity contribution < 1.29 is 0 Å². The summed E-state index contributed by atoms with van der Waals surface area (Å²) in [5, 5.41) is 12.3. The zero-order chi connectivity index (χ0) is 14.9. The quantitative estimate of drug-likeness (QED) is 0.574. The number of hydrogen-bond donors (Lipinski definition) is 1. The zero-order valence-corrected chi connectivity index (χ0v) is 13.5. The van der Waals surface area contributed by atoms with Crippen molar-refractivity contribution in [3.05, 3.63) is 47.2 Å². The normalized spacial score (nSPS) is 14.4. The van der Waals surface area contributed by atoms with Crippen LogP contribution in [0.25, 0.3) is 10.6 Å². The average molecular weight is 329 g/mol. The number of rotatable bonds is 5. The molecule has 22 heavy (non-hydrogen) atoms. The molecule has 2 heterocycles. The lowest BCUT2D eigenvalue weighted by Gasteiger charge is -2.01. The van der Waals surface area contributed by atoms with E-state index in [4.69, 9.17) is 5.84 Å². The second-order valence-electron chi connectivity index (χ2n) is 5.28. The highest BCUT2D eigenvalue weighted by molar-refractivity contribution is 7.98. The second-order valence-corrected chi connectivity index (χ2v) is 7.08. The summed E-state index contributed by atoms with van der Waals surface area (Å²) in [6.45, 7) is 0. The lowest BCUT2D eigenvalue weighted by atomic mass is 10.2. The van der Waals surface area contributed by atoms with Crippen LogP contribution in [-0.4, -0.2) is 19.9 Å². The first-order chi connectivity index (χ1) is 10.8. The van der Waals surface area contributed by atoms with Gasteiger partial charge in [0.15, 0.2) is 5.82 Å². The predicted molar refractivity (Wildman–Crippen MR) is 89.3 cm³/mol. The summed E-state index contributed by atoms with van der Waals surface area (Å²) in [6.07, 6.45) is 2.35. The minimum Gasteiger partial charge on any atom is -0.336 e. The second kappa shape index (κ2) is 5.73. The molecule has 1 aliphatic rings. The van der Waals surface area contributed by atoms with Crippen LogP contribution in [0.3, 0.4) is 0 Å². The van der Waals surface area contributed by atoms with Gasteiger partial charge in [0.1, 0.15) is 5.01 Å². The maximum atomic E-state index is 6.06. The zero-order valence-electron chi connectivity index (χ0n) is 11.8. The van der Waals surface area contributed by atoms with E-state index in [-0.39, 0.29) is 0 Å². The van der Waals surface area contributed by atoms with E-state index in [1.807, 2.05) is 18.2 Å². The van der Waals surface area contributed by atoms with Crippen LogP contribution in [0.5, 0.6) is 0 Å². The van der Waals surface area contributed by atoms with Crippen molar-refractivity contribution in [1.82, 2.24) is 19.9 Å². The van der Waals surface area contributed by atoms with Crippen molar-refractivity contribution in [2.24, 2.45) is 0 Å². The number of thiazole rings is 1. The molecule has 0 atom stereocenters. The number of nitrogen functional groups attached to an aromatic ring is 1. The summed E-state index contributed by atoms with van der Waals surface area (Å²) in [4.78, 5) is 4.68. The molecule has 0 radical (unpaired) electrons. The van der Waals surface area contributed by atoms with Crippen LogP contribution in [0.1, 0.15) is 30.3 Å². The van der Waals surface area contributed by atoms with Gasteiger partial charge < -0.3 is 5.84 Å². The summed E-state index contributed by atoms with van der Waals surface area (Å²) in [5.74, 6) is 8.23. The maximum Gasteiger partial charge on any atom is 0.210 e. The summed E-state index contributed by atoms with van der Waals surface area (Å²) < 4.78 is 1.63. The molecule has 1 aromatic carbocycles. The first-order valence-corrected chi connectivity index (χ1v) is 9.01. The van der Waals surface area contributed by atoms with Gasteiger partial charge in [0.05, 0.1) is 5.69 Å². The minimum atomic E-state index is 0.510. The first-order valence-electron chi connectivity index (χ1n) is 7.14. The van der Waals surface area contributed by atoms with Crippen LogP contribution in [0.4, 0.5) is 0 Å². The Bertz CT molecular complexity index is 776. The highest BCUT2D eigenvalue weighted by atomic mass is 32.2. The molecule has 0 unspecified atom stereocenters. The molecule has 0 saturated heterocycles. The van der Waals surface area contributed by atoms with Gasteiger partial charge in [-0.1, -0.05) is 42.1 Å². The van der Waals surface area contributed by atoms with Crippen molar-refractivity contribution in [3.63, 3.8) is 0 Å². The minimum absolute atomic E-state index is 0.510. The number of aromatic nitrogens is 4. The lowest BCUT2D eigenvalue weighted by Crippen LogP contribution is -2.13. The fraction of sp³-hybridized carbons (Fsp3) is 0.267. The summed E-state index contributed by atoms with van der Waals surface area (Å²) in [7, 11) is 0. The average Bonchev–Trinajstić information content (AvgIpc) is 3.16. The molecule has 1 saturated carbocycles. The molecule has 1 fully saturated rings. The summed E-state index contributed by atoms with van der Waals surface area (Å²) in [6, 6.07) is 10.2. The molecule has 2 N–H and O–H groups in total. The smallest absolute Gasteiger partial charge is 0.210 e. The number of hydrogen-bond acceptors (Lipinski definition) is 6. The lowest BCUT2D eigenvalue weighted by molar-refractivity contribution is 0.790. The molecule has 112 valence electrons. The van der Waals surface area contributed by atoms with Crippen molar-refractivity contribution in [2.75, 3.05) is 5.84 Å². The van der Waals surface area contributed by atoms with Crippen LogP contribution in [0.2, 0.25) is 0 Å². The van der Waals surface area contributed by atoms with Crippen molar-refractivity contribution in [1.29, 1.82) is 0 Å². The SMILES string of the molecule is Nn1c(SCc2csc(-c3ccccc3)n2)nnc1C1CC1. The van der Waals surface area contributed by atoms with E-state index in [1.54, 1.807) is 27.8 Å². The third-order valence-corrected chi connectivity index (χ3v) is 5.47. The summed E-state index contributed by atoms with van der Waals surface area (Å²) >= 11 is 3.25. The fourth-order valence-corrected chi connectivity index (χ4v) is 3.92. The van der Waals surface area contributed by atoms with E-state index in [1.165, 1.54) is 12.8 Å². The monoisotopic (exact) mass is 329 g/mol. The Kier molecular flexibility index (Phi) is 3.59. The highest BCUT2D eigenvalue weighted by Gasteiger charge is 2.29. The van der Waals surface area contributed by atoms with Gasteiger partial charge in [-0.2, -0.15) is 0 Å². The fourth-order valence-electron chi connectivity index (χ4n) is 2.23. The van der Waals surface area contributed by atoms with Crippen molar-refractivity contribution in [2.45, 2.75) is 29.7 Å². The Hall–Kier alpha value is -1.86. The molecule has 3 aromatic rings. The number of nitrogens with zero attached hydrogens (tertiary/aromatic N) is 4. The number of thioether (sulfide) groups is 1. The van der Waals surface area contributed by atoms with Crippen LogP contribution >= 0.6 is 23.1 Å². The maximum absolute atomic E-state index is 6.06. The van der Waals surface area contributed by atoms with Gasteiger partial charge in [0.25, 0.3) is 0 Å². The van der Waals surface area contributed by atoms with Crippen molar-refractivity contribution >= 4 is 23.1 Å². The molecule has 0 aliphatic heterocycles. The van der Waals surface area contributed by atoms with Crippen molar-refractivity contribution in [3.8, 4) is 10.6 Å². The largest absolute Gasteiger partial charge is 0.336 e. The molecular formula is C15H15N5S2.